The fourth-order valence-corrected chi connectivity index (χ4v) is 5.41. The van der Waals surface area contributed by atoms with E-state index in [1.54, 1.807) is 0 Å². The van der Waals surface area contributed by atoms with Gasteiger partial charge in [-0.15, -0.1) is 0 Å². The maximum absolute atomic E-state index is 13.1. The number of sulfonamides is 1. The van der Waals surface area contributed by atoms with Crippen molar-refractivity contribution >= 4 is 22.0 Å². The first kappa shape index (κ1) is 19.5. The maximum atomic E-state index is 13.1. The van der Waals surface area contributed by atoms with Gasteiger partial charge in [-0.25, -0.2) is 21.9 Å². The standard InChI is InChI=1S/C15H25FN4O5S/c1-15(13(21)18-14(22)19-15)9-26(23,24)20-6-4-11(5-7-20)25-12-3-2-10(16)8-17-12/h10-12,17H,2-9H2,1H3,(H2,18,19,21,22)/t10?,12?,15-/m1/s1. The smallest absolute Gasteiger partial charge is 0.322 e. The highest BCUT2D eigenvalue weighted by molar-refractivity contribution is 7.89. The van der Waals surface area contributed by atoms with Crippen molar-refractivity contribution in [2.75, 3.05) is 25.4 Å². The van der Waals surface area contributed by atoms with E-state index in [4.69, 9.17) is 4.74 Å². The van der Waals surface area contributed by atoms with Crippen LogP contribution >= 0.6 is 0 Å². The van der Waals surface area contributed by atoms with Gasteiger partial charge in [-0.2, -0.15) is 0 Å². The van der Waals surface area contributed by atoms with Gasteiger partial charge < -0.3 is 10.1 Å². The number of hydrogen-bond acceptors (Lipinski definition) is 6. The van der Waals surface area contributed by atoms with Crippen LogP contribution in [0.4, 0.5) is 9.18 Å². The van der Waals surface area contributed by atoms with Crippen LogP contribution in [-0.2, 0) is 19.6 Å². The number of urea groups is 1. The van der Waals surface area contributed by atoms with Crippen LogP contribution in [0.3, 0.4) is 0 Å². The molecule has 9 nitrogen and oxygen atoms in total. The molecule has 0 spiro atoms. The Morgan fingerprint density at radius 2 is 1.92 bits per heavy atom. The summed E-state index contributed by atoms with van der Waals surface area (Å²) in [6, 6.07) is -0.685. The van der Waals surface area contributed by atoms with E-state index in [9.17, 15) is 22.4 Å². The molecule has 3 amide bonds. The number of hydrogen-bond donors (Lipinski definition) is 3. The minimum Gasteiger partial charge on any atom is -0.360 e. The van der Waals surface area contributed by atoms with Crippen molar-refractivity contribution in [3.63, 3.8) is 0 Å². The van der Waals surface area contributed by atoms with Crippen LogP contribution in [0.1, 0.15) is 32.6 Å². The monoisotopic (exact) mass is 392 g/mol. The van der Waals surface area contributed by atoms with E-state index in [1.165, 1.54) is 11.2 Å². The molecule has 0 aromatic rings. The lowest BCUT2D eigenvalue weighted by Crippen LogP contribution is -2.54. The summed E-state index contributed by atoms with van der Waals surface area (Å²) in [6.45, 7) is 2.26. The second-order valence-corrected chi connectivity index (χ2v) is 9.27. The van der Waals surface area contributed by atoms with Crippen LogP contribution in [0.2, 0.25) is 0 Å². The maximum Gasteiger partial charge on any atom is 0.322 e. The van der Waals surface area contributed by atoms with Gasteiger partial charge in [0.1, 0.15) is 17.9 Å². The number of halogens is 1. The van der Waals surface area contributed by atoms with Crippen molar-refractivity contribution in [1.82, 2.24) is 20.3 Å². The third kappa shape index (κ3) is 4.33. The average molecular weight is 392 g/mol. The Morgan fingerprint density at radius 1 is 1.23 bits per heavy atom. The van der Waals surface area contributed by atoms with Crippen LogP contribution in [0, 0.1) is 0 Å². The van der Waals surface area contributed by atoms with Gasteiger partial charge in [0.2, 0.25) is 10.0 Å². The lowest BCUT2D eigenvalue weighted by Gasteiger charge is -2.36. The molecule has 3 rings (SSSR count). The Hall–Kier alpha value is -1.30. The number of carbonyl (C=O) groups excluding carboxylic acids is 2. The molecule has 26 heavy (non-hydrogen) atoms. The van der Waals surface area contributed by atoms with Crippen molar-refractivity contribution in [2.24, 2.45) is 0 Å². The van der Waals surface area contributed by atoms with Crippen molar-refractivity contribution in [3.05, 3.63) is 0 Å². The first-order chi connectivity index (χ1) is 12.2. The number of carbonyl (C=O) groups is 2. The Morgan fingerprint density at radius 3 is 2.46 bits per heavy atom. The van der Waals surface area contributed by atoms with Crippen molar-refractivity contribution in [2.45, 2.75) is 56.6 Å². The number of nitrogens with zero attached hydrogens (tertiary/aromatic N) is 1. The Balaban J connectivity index is 1.50. The van der Waals surface area contributed by atoms with Crippen LogP contribution < -0.4 is 16.0 Å². The molecule has 3 heterocycles. The minimum atomic E-state index is -3.71. The highest BCUT2D eigenvalue weighted by Gasteiger charge is 2.47. The van der Waals surface area contributed by atoms with Crippen molar-refractivity contribution < 1.29 is 27.1 Å². The Labute approximate surface area is 152 Å². The normalized spacial score (nSPS) is 34.5. The van der Waals surface area contributed by atoms with E-state index in [-0.39, 0.29) is 32.0 Å². The third-order valence-corrected chi connectivity index (χ3v) is 7.14. The van der Waals surface area contributed by atoms with Gasteiger partial charge >= 0.3 is 6.03 Å². The third-order valence-electron chi connectivity index (χ3n) is 5.05. The number of alkyl halides is 1. The van der Waals surface area contributed by atoms with E-state index < -0.39 is 39.4 Å². The predicted molar refractivity (Wildman–Crippen MR) is 90.5 cm³/mol. The van der Waals surface area contributed by atoms with E-state index >= 15 is 0 Å². The van der Waals surface area contributed by atoms with Gasteiger partial charge in [0.05, 0.1) is 11.9 Å². The Kier molecular flexibility index (Phi) is 5.52. The number of ether oxygens (including phenoxy) is 1. The molecule has 3 aliphatic rings. The Bertz CT molecular complexity index is 659. The molecule has 0 saturated carbocycles. The topological polar surface area (TPSA) is 117 Å². The summed E-state index contributed by atoms with van der Waals surface area (Å²) in [7, 11) is -3.71. The van der Waals surface area contributed by atoms with E-state index in [0.717, 1.165) is 0 Å². The van der Waals surface area contributed by atoms with Gasteiger partial charge in [0, 0.05) is 19.6 Å². The fourth-order valence-electron chi connectivity index (χ4n) is 3.53. The first-order valence-electron chi connectivity index (χ1n) is 8.82. The van der Waals surface area contributed by atoms with Crippen LogP contribution in [0.25, 0.3) is 0 Å². The summed E-state index contributed by atoms with van der Waals surface area (Å²) in [5, 5.41) is 7.44. The molecule has 2 unspecified atom stereocenters. The second-order valence-electron chi connectivity index (χ2n) is 7.30. The minimum absolute atomic E-state index is 0.0832. The summed E-state index contributed by atoms with van der Waals surface area (Å²) in [5.41, 5.74) is -1.46. The number of rotatable bonds is 5. The molecule has 0 aromatic heterocycles. The number of amides is 3. The molecule has 3 fully saturated rings. The van der Waals surface area contributed by atoms with Gasteiger partial charge in [-0.1, -0.05) is 0 Å². The van der Waals surface area contributed by atoms with Crippen molar-refractivity contribution in [3.8, 4) is 0 Å². The predicted octanol–water partition coefficient (Wildman–Crippen LogP) is -0.557. The molecule has 0 aromatic carbocycles. The molecule has 3 atom stereocenters. The largest absolute Gasteiger partial charge is 0.360 e. The van der Waals surface area contributed by atoms with Crippen LogP contribution in [0.5, 0.6) is 0 Å². The number of piperidine rings is 2. The zero-order chi connectivity index (χ0) is 18.9. The molecule has 11 heteroatoms. The summed E-state index contributed by atoms with van der Waals surface area (Å²) < 4.78 is 45.6. The first-order valence-corrected chi connectivity index (χ1v) is 10.4. The van der Waals surface area contributed by atoms with Crippen LogP contribution in [0.15, 0.2) is 0 Å². The van der Waals surface area contributed by atoms with Gasteiger partial charge in [-0.3, -0.25) is 15.4 Å². The second kappa shape index (κ2) is 7.37. The number of nitrogens with one attached hydrogen (secondary N) is 3. The summed E-state index contributed by atoms with van der Waals surface area (Å²) >= 11 is 0. The van der Waals surface area contributed by atoms with Crippen LogP contribution in [-0.4, -0.2) is 74.1 Å². The fraction of sp³-hybridized carbons (Fsp3) is 0.867. The lowest BCUT2D eigenvalue weighted by molar-refractivity contribution is -0.122. The number of imide groups is 1. The SMILES string of the molecule is C[C@]1(CS(=O)(=O)N2CCC(OC3CCC(F)CN3)CC2)NC(=O)NC1=O. The van der Waals surface area contributed by atoms with E-state index in [1.807, 2.05) is 0 Å². The molecule has 0 aliphatic carbocycles. The summed E-state index contributed by atoms with van der Waals surface area (Å²) in [4.78, 5) is 23.1. The molecular formula is C15H25FN4O5S. The summed E-state index contributed by atoms with van der Waals surface area (Å²) in [5.74, 6) is -1.12. The average Bonchev–Trinajstić information content (AvgIpc) is 2.81. The lowest BCUT2D eigenvalue weighted by atomic mass is 10.1. The van der Waals surface area contributed by atoms with Gasteiger partial charge in [-0.05, 0) is 32.6 Å². The zero-order valence-electron chi connectivity index (χ0n) is 14.7. The van der Waals surface area contributed by atoms with E-state index in [0.29, 0.717) is 25.7 Å². The molecule has 3 aliphatic heterocycles. The van der Waals surface area contributed by atoms with Crippen molar-refractivity contribution in [1.29, 1.82) is 0 Å². The van der Waals surface area contributed by atoms with Gasteiger partial charge in [0.15, 0.2) is 0 Å². The van der Waals surface area contributed by atoms with E-state index in [2.05, 4.69) is 16.0 Å². The highest BCUT2D eigenvalue weighted by Crippen LogP contribution is 2.23. The zero-order valence-corrected chi connectivity index (χ0v) is 15.5. The molecular weight excluding hydrogens is 367 g/mol. The van der Waals surface area contributed by atoms with Gasteiger partial charge in [0.25, 0.3) is 5.91 Å². The molecule has 3 saturated heterocycles. The highest BCUT2D eigenvalue weighted by atomic mass is 32.2. The molecule has 3 N–H and O–H groups in total. The summed E-state index contributed by atoms with van der Waals surface area (Å²) in [6.07, 6.45) is 1.03. The quantitative estimate of drug-likeness (QED) is 0.540. The molecule has 0 bridgehead atoms. The molecule has 0 radical (unpaired) electrons. The molecule has 148 valence electrons.